The highest BCUT2D eigenvalue weighted by atomic mass is 16.5. The molecule has 2 aromatic carbocycles. The number of rotatable bonds is 4. The van der Waals surface area contributed by atoms with Gasteiger partial charge in [-0.15, -0.1) is 0 Å². The molecule has 0 unspecified atom stereocenters. The monoisotopic (exact) mass is 310 g/mol. The van der Waals surface area contributed by atoms with Crippen LogP contribution in [0.3, 0.4) is 0 Å². The quantitative estimate of drug-likeness (QED) is 0.524. The first-order valence-corrected chi connectivity index (χ1v) is 8.90. The van der Waals surface area contributed by atoms with E-state index in [1.807, 2.05) is 19.1 Å². The Kier molecular flexibility index (Phi) is 5.00. The normalized spacial score (nSPS) is 21.3. The van der Waals surface area contributed by atoms with Crippen LogP contribution in [0.2, 0.25) is 0 Å². The first kappa shape index (κ1) is 16.0. The van der Waals surface area contributed by atoms with E-state index in [-0.39, 0.29) is 5.97 Å². The Bertz CT molecular complexity index is 681. The van der Waals surface area contributed by atoms with Gasteiger partial charge in [-0.05, 0) is 59.6 Å². The maximum atomic E-state index is 11.6. The van der Waals surface area contributed by atoms with Crippen LogP contribution in [0.4, 0.5) is 0 Å². The van der Waals surface area contributed by atoms with Gasteiger partial charge in [0.1, 0.15) is 5.75 Å². The van der Waals surface area contributed by atoms with Crippen LogP contribution in [-0.2, 0) is 4.79 Å². The molecule has 0 radical (unpaired) electrons. The Morgan fingerprint density at radius 3 is 2.48 bits per heavy atom. The summed E-state index contributed by atoms with van der Waals surface area (Å²) in [5.74, 6) is 2.08. The van der Waals surface area contributed by atoms with Crippen molar-refractivity contribution in [3.8, 4) is 5.75 Å². The lowest BCUT2D eigenvalue weighted by Gasteiger charge is -2.26. The smallest absolute Gasteiger partial charge is 0.311 e. The number of carbonyl (C=O) groups is 1. The Labute approximate surface area is 138 Å². The summed E-state index contributed by atoms with van der Waals surface area (Å²) < 4.78 is 5.38. The van der Waals surface area contributed by atoms with Gasteiger partial charge in [-0.2, -0.15) is 0 Å². The Morgan fingerprint density at radius 2 is 1.74 bits per heavy atom. The van der Waals surface area contributed by atoms with Crippen molar-refractivity contribution in [3.63, 3.8) is 0 Å². The van der Waals surface area contributed by atoms with Crippen molar-refractivity contribution >= 4 is 16.7 Å². The molecule has 0 bridgehead atoms. The Balaban J connectivity index is 1.77. The molecule has 1 saturated carbocycles. The van der Waals surface area contributed by atoms with Crippen LogP contribution in [-0.4, -0.2) is 5.97 Å². The molecular formula is C21H26O2. The minimum absolute atomic E-state index is 0.153. The molecule has 1 fully saturated rings. The molecule has 2 heteroatoms. The molecule has 1 aliphatic carbocycles. The fraction of sp³-hybridized carbons (Fsp3) is 0.476. The van der Waals surface area contributed by atoms with Crippen molar-refractivity contribution in [3.05, 3.63) is 42.0 Å². The fourth-order valence-corrected chi connectivity index (χ4v) is 3.54. The third kappa shape index (κ3) is 3.93. The van der Waals surface area contributed by atoms with E-state index in [0.717, 1.165) is 17.7 Å². The first-order valence-electron chi connectivity index (χ1n) is 8.90. The first-order chi connectivity index (χ1) is 11.2. The maximum Gasteiger partial charge on any atom is 0.311 e. The van der Waals surface area contributed by atoms with E-state index >= 15 is 0 Å². The Hall–Kier alpha value is -1.83. The van der Waals surface area contributed by atoms with Crippen molar-refractivity contribution in [2.75, 3.05) is 0 Å². The van der Waals surface area contributed by atoms with Crippen molar-refractivity contribution in [2.45, 2.75) is 58.3 Å². The van der Waals surface area contributed by atoms with E-state index in [0.29, 0.717) is 18.1 Å². The van der Waals surface area contributed by atoms with Gasteiger partial charge in [0, 0.05) is 6.42 Å². The van der Waals surface area contributed by atoms with E-state index in [2.05, 4.69) is 31.2 Å². The zero-order valence-corrected chi connectivity index (χ0v) is 14.2. The summed E-state index contributed by atoms with van der Waals surface area (Å²) in [5, 5.41) is 2.37. The van der Waals surface area contributed by atoms with Gasteiger partial charge >= 0.3 is 5.97 Å². The fourth-order valence-electron chi connectivity index (χ4n) is 3.54. The van der Waals surface area contributed by atoms with Crippen molar-refractivity contribution in [1.82, 2.24) is 0 Å². The summed E-state index contributed by atoms with van der Waals surface area (Å²) in [5.41, 5.74) is 1.46. The zero-order valence-electron chi connectivity index (χ0n) is 14.2. The van der Waals surface area contributed by atoms with Crippen LogP contribution in [0.1, 0.15) is 63.9 Å². The summed E-state index contributed by atoms with van der Waals surface area (Å²) in [6.07, 6.45) is 6.58. The van der Waals surface area contributed by atoms with Gasteiger partial charge in [0.05, 0.1) is 0 Å². The van der Waals surface area contributed by atoms with Crippen LogP contribution in [0.15, 0.2) is 36.4 Å². The number of fused-ring (bicyclic) bond motifs is 1. The van der Waals surface area contributed by atoms with E-state index in [1.165, 1.54) is 36.6 Å². The average molecular weight is 310 g/mol. The molecule has 2 nitrogen and oxygen atoms in total. The second-order valence-corrected chi connectivity index (χ2v) is 6.95. The van der Waals surface area contributed by atoms with E-state index in [1.54, 1.807) is 0 Å². The second kappa shape index (κ2) is 7.16. The average Bonchev–Trinajstić information content (AvgIpc) is 2.55. The molecular weight excluding hydrogens is 284 g/mol. The number of ether oxygens (including phenoxy) is 1. The molecule has 2 aromatic rings. The van der Waals surface area contributed by atoms with Crippen LogP contribution in [0, 0.1) is 5.92 Å². The van der Waals surface area contributed by atoms with Gasteiger partial charge in [-0.1, -0.05) is 51.0 Å². The molecule has 3 rings (SSSR count). The highest BCUT2D eigenvalue weighted by Gasteiger charge is 2.19. The third-order valence-corrected chi connectivity index (χ3v) is 5.01. The van der Waals surface area contributed by atoms with E-state index in [4.69, 9.17) is 4.74 Å². The molecule has 0 spiro atoms. The third-order valence-electron chi connectivity index (χ3n) is 5.01. The molecule has 0 N–H and O–H groups in total. The molecule has 0 aliphatic heterocycles. The van der Waals surface area contributed by atoms with E-state index < -0.39 is 0 Å². The number of hydrogen-bond donors (Lipinski definition) is 0. The van der Waals surface area contributed by atoms with Crippen LogP contribution < -0.4 is 4.74 Å². The Morgan fingerprint density at radius 1 is 1.04 bits per heavy atom. The van der Waals surface area contributed by atoms with Crippen LogP contribution >= 0.6 is 0 Å². The maximum absolute atomic E-state index is 11.6. The number of carbonyl (C=O) groups excluding carboxylic acids is 1. The van der Waals surface area contributed by atoms with Gasteiger partial charge in [0.2, 0.25) is 0 Å². The molecule has 23 heavy (non-hydrogen) atoms. The van der Waals surface area contributed by atoms with Gasteiger partial charge in [-0.25, -0.2) is 0 Å². The SMILES string of the molecule is CCCC(=O)Oc1ccc2cc([C@H]3CC[C@H](C)CC3)ccc2c1. The summed E-state index contributed by atoms with van der Waals surface area (Å²) in [4.78, 5) is 11.6. The number of benzene rings is 2. The van der Waals surface area contributed by atoms with Gasteiger partial charge < -0.3 is 4.74 Å². The lowest BCUT2D eigenvalue weighted by Crippen LogP contribution is -2.10. The van der Waals surface area contributed by atoms with Crippen molar-refractivity contribution in [1.29, 1.82) is 0 Å². The molecule has 0 amide bonds. The molecule has 0 saturated heterocycles. The molecule has 0 atom stereocenters. The second-order valence-electron chi connectivity index (χ2n) is 6.95. The van der Waals surface area contributed by atoms with Gasteiger partial charge in [0.25, 0.3) is 0 Å². The van der Waals surface area contributed by atoms with Gasteiger partial charge in [0.15, 0.2) is 0 Å². The predicted molar refractivity (Wildman–Crippen MR) is 94.9 cm³/mol. The molecule has 0 heterocycles. The largest absolute Gasteiger partial charge is 0.427 e. The van der Waals surface area contributed by atoms with Crippen LogP contribution in [0.25, 0.3) is 10.8 Å². The van der Waals surface area contributed by atoms with Crippen molar-refractivity contribution in [2.24, 2.45) is 5.92 Å². The number of esters is 1. The van der Waals surface area contributed by atoms with E-state index in [9.17, 15) is 4.79 Å². The summed E-state index contributed by atoms with van der Waals surface area (Å²) in [6, 6.07) is 12.7. The highest BCUT2D eigenvalue weighted by Crippen LogP contribution is 2.36. The summed E-state index contributed by atoms with van der Waals surface area (Å²) in [6.45, 7) is 4.34. The highest BCUT2D eigenvalue weighted by molar-refractivity contribution is 5.85. The lowest BCUT2D eigenvalue weighted by atomic mass is 9.79. The standard InChI is InChI=1S/C21H26O2/c1-3-4-21(22)23-20-12-11-18-13-17(9-10-19(18)14-20)16-7-5-15(2)6-8-16/h9-16H,3-8H2,1-2H3/t15-,16-. The minimum Gasteiger partial charge on any atom is -0.427 e. The lowest BCUT2D eigenvalue weighted by molar-refractivity contribution is -0.134. The topological polar surface area (TPSA) is 26.3 Å². The predicted octanol–water partition coefficient (Wildman–Crippen LogP) is 5.84. The zero-order chi connectivity index (χ0) is 16.2. The molecule has 0 aromatic heterocycles. The van der Waals surface area contributed by atoms with Crippen molar-refractivity contribution < 1.29 is 9.53 Å². The summed E-state index contributed by atoms with van der Waals surface area (Å²) in [7, 11) is 0. The number of hydrogen-bond acceptors (Lipinski definition) is 2. The molecule has 122 valence electrons. The minimum atomic E-state index is -0.153. The summed E-state index contributed by atoms with van der Waals surface area (Å²) >= 11 is 0. The van der Waals surface area contributed by atoms with Gasteiger partial charge in [-0.3, -0.25) is 4.79 Å². The molecule has 1 aliphatic rings. The van der Waals surface area contributed by atoms with Crippen LogP contribution in [0.5, 0.6) is 5.75 Å².